The summed E-state index contributed by atoms with van der Waals surface area (Å²) in [7, 11) is 0. The highest BCUT2D eigenvalue weighted by atomic mass is 19.4. The van der Waals surface area contributed by atoms with Gasteiger partial charge in [0.2, 0.25) is 0 Å². The summed E-state index contributed by atoms with van der Waals surface area (Å²) >= 11 is 0. The molecule has 20 heavy (non-hydrogen) atoms. The molecule has 1 fully saturated rings. The predicted molar refractivity (Wildman–Crippen MR) is 57.9 cm³/mol. The van der Waals surface area contributed by atoms with E-state index in [-0.39, 0.29) is 6.42 Å². The fraction of sp³-hybridized carbons (Fsp3) is 0.600. The number of halogens is 3. The summed E-state index contributed by atoms with van der Waals surface area (Å²) in [5, 5.41) is 18.4. The minimum atomic E-state index is -4.92. The Bertz CT molecular complexity index is 608. The van der Waals surface area contributed by atoms with Crippen LogP contribution in [0, 0.1) is 0 Å². The minimum Gasteiger partial charge on any atom is -0.394 e. The third-order valence-electron chi connectivity index (χ3n) is 2.97. The summed E-state index contributed by atoms with van der Waals surface area (Å²) in [6.45, 7) is -0.540. The molecule has 1 saturated heterocycles. The lowest BCUT2D eigenvalue weighted by atomic mass is 10.2. The van der Waals surface area contributed by atoms with Gasteiger partial charge in [-0.25, -0.2) is 4.79 Å². The molecule has 0 aliphatic carbocycles. The molecule has 1 aliphatic rings. The van der Waals surface area contributed by atoms with E-state index in [0.29, 0.717) is 10.8 Å². The number of hydrogen-bond acceptors (Lipinski definition) is 5. The standard InChI is InChI=1S/C10H11F3N2O5/c11-10(12,13)4-2-15(9(19)14-8(4)18)7-1-5(17)6(3-16)20-7/h2,5-7,16-17H,1,3H2,(H,14,18,19)/t5?,6-,7?/m1/s1/i11+0,12+0,13+0. The highest BCUT2D eigenvalue weighted by molar-refractivity contribution is 5.09. The topological polar surface area (TPSA) is 105 Å². The van der Waals surface area contributed by atoms with E-state index < -0.39 is 48.0 Å². The van der Waals surface area contributed by atoms with Gasteiger partial charge in [-0.3, -0.25) is 14.3 Å². The van der Waals surface area contributed by atoms with E-state index in [4.69, 9.17) is 9.84 Å². The summed E-state index contributed by atoms with van der Waals surface area (Å²) in [6.07, 6.45) is -8.04. The van der Waals surface area contributed by atoms with E-state index in [1.165, 1.54) is 0 Å². The van der Waals surface area contributed by atoms with E-state index in [2.05, 4.69) is 0 Å². The van der Waals surface area contributed by atoms with E-state index in [1.807, 2.05) is 0 Å². The number of nitrogens with one attached hydrogen (secondary N) is 1. The number of H-pyrrole nitrogens is 1. The molecule has 10 heteroatoms. The summed E-state index contributed by atoms with van der Waals surface area (Å²) in [5.74, 6) is 0. The van der Waals surface area contributed by atoms with Gasteiger partial charge in [0.25, 0.3) is 5.56 Å². The third kappa shape index (κ3) is 2.62. The van der Waals surface area contributed by atoms with Crippen LogP contribution in [0.3, 0.4) is 0 Å². The van der Waals surface area contributed by atoms with Gasteiger partial charge in [-0.1, -0.05) is 0 Å². The van der Waals surface area contributed by atoms with Gasteiger partial charge in [-0.2, -0.15) is 13.2 Å². The normalized spacial score (nSPS) is 26.9. The van der Waals surface area contributed by atoms with E-state index in [9.17, 15) is 27.9 Å². The molecule has 2 heterocycles. The molecule has 7 nitrogen and oxygen atoms in total. The number of aromatic amines is 1. The van der Waals surface area contributed by atoms with E-state index in [1.54, 1.807) is 4.98 Å². The first-order valence-electron chi connectivity index (χ1n) is 5.61. The number of alkyl halides is 3. The van der Waals surface area contributed by atoms with E-state index in [0.717, 1.165) is 0 Å². The fourth-order valence-corrected chi connectivity index (χ4v) is 1.95. The summed E-state index contributed by atoms with van der Waals surface area (Å²) in [6, 6.07) is 0. The van der Waals surface area contributed by atoms with Crippen molar-refractivity contribution >= 4 is 0 Å². The first-order valence-corrected chi connectivity index (χ1v) is 5.61. The van der Waals surface area contributed by atoms with Crippen LogP contribution in [-0.4, -0.2) is 38.6 Å². The Kier molecular flexibility index (Phi) is 3.71. The number of aliphatic hydroxyl groups is 2. The third-order valence-corrected chi connectivity index (χ3v) is 2.97. The Morgan fingerprint density at radius 3 is 2.60 bits per heavy atom. The van der Waals surface area contributed by atoms with Gasteiger partial charge < -0.3 is 14.9 Å². The van der Waals surface area contributed by atoms with Crippen molar-refractivity contribution in [3.8, 4) is 0 Å². The molecule has 3 N–H and O–H groups in total. The van der Waals surface area contributed by atoms with Gasteiger partial charge in [0.05, 0.1) is 12.7 Å². The van der Waals surface area contributed by atoms with Crippen LogP contribution in [-0.2, 0) is 10.9 Å². The molecule has 0 aromatic carbocycles. The Morgan fingerprint density at radius 1 is 1.45 bits per heavy atom. The Balaban J connectivity index is 2.43. The molecule has 3 atom stereocenters. The van der Waals surface area contributed by atoms with Crippen molar-refractivity contribution in [1.29, 1.82) is 0 Å². The van der Waals surface area contributed by atoms with Crippen LogP contribution in [0.25, 0.3) is 0 Å². The fourth-order valence-electron chi connectivity index (χ4n) is 1.95. The van der Waals surface area contributed by atoms with Gasteiger partial charge in [0.1, 0.15) is 17.9 Å². The number of aliphatic hydroxyl groups excluding tert-OH is 2. The largest absolute Gasteiger partial charge is 0.423 e. The Hall–Kier alpha value is -1.65. The molecular weight excluding hydrogens is 285 g/mol. The number of aromatic nitrogens is 2. The van der Waals surface area contributed by atoms with Crippen LogP contribution in [0.1, 0.15) is 18.2 Å². The van der Waals surface area contributed by atoms with Crippen molar-refractivity contribution in [2.75, 3.05) is 6.61 Å². The number of hydrogen-bond donors (Lipinski definition) is 3. The number of rotatable bonds is 2. The lowest BCUT2D eigenvalue weighted by molar-refractivity contribution is -0.139. The number of ether oxygens (including phenoxy) is 1. The zero-order valence-electron chi connectivity index (χ0n) is 9.92. The predicted octanol–water partition coefficient (Wildman–Crippen LogP) is -0.804. The molecule has 2 unspecified atom stereocenters. The first kappa shape index (κ1) is 14.8. The van der Waals surface area contributed by atoms with Gasteiger partial charge >= 0.3 is 11.9 Å². The molecule has 1 aliphatic heterocycles. The molecule has 1 aromatic rings. The highest BCUT2D eigenvalue weighted by Gasteiger charge is 2.38. The summed E-state index contributed by atoms with van der Waals surface area (Å²) in [4.78, 5) is 24.2. The van der Waals surface area contributed by atoms with Crippen LogP contribution < -0.4 is 11.2 Å². The van der Waals surface area contributed by atoms with Gasteiger partial charge in [0, 0.05) is 12.6 Å². The lowest BCUT2D eigenvalue weighted by Gasteiger charge is -2.16. The Labute approximate surface area is 109 Å². The van der Waals surface area contributed by atoms with Crippen molar-refractivity contribution in [3.05, 3.63) is 32.6 Å². The van der Waals surface area contributed by atoms with Crippen LogP contribution in [0.15, 0.2) is 15.8 Å². The zero-order chi connectivity index (χ0) is 15.1. The quantitative estimate of drug-likeness (QED) is 0.662. The monoisotopic (exact) mass is 296 g/mol. The SMILES string of the molecule is O=c1[nH]c(=O)n(C2CC(O)[C@@H](CO)O2)cc1C([19F])([19F])[19F]. The lowest BCUT2D eigenvalue weighted by Crippen LogP contribution is -2.36. The second-order valence-electron chi connectivity index (χ2n) is 4.32. The van der Waals surface area contributed by atoms with Crippen molar-refractivity contribution in [1.82, 2.24) is 9.55 Å². The molecule has 0 saturated carbocycles. The first-order chi connectivity index (χ1) is 9.24. The van der Waals surface area contributed by atoms with Crippen molar-refractivity contribution < 1.29 is 28.1 Å². The van der Waals surface area contributed by atoms with Gasteiger partial charge in [-0.15, -0.1) is 0 Å². The van der Waals surface area contributed by atoms with Gasteiger partial charge in [0.15, 0.2) is 0 Å². The second-order valence-corrected chi connectivity index (χ2v) is 4.32. The van der Waals surface area contributed by atoms with Crippen LogP contribution in [0.5, 0.6) is 0 Å². The zero-order valence-corrected chi connectivity index (χ0v) is 9.92. The van der Waals surface area contributed by atoms with Crippen LogP contribution in [0.4, 0.5) is 13.2 Å². The van der Waals surface area contributed by atoms with Crippen molar-refractivity contribution in [2.24, 2.45) is 0 Å². The van der Waals surface area contributed by atoms with Crippen molar-refractivity contribution in [2.45, 2.75) is 31.0 Å². The second kappa shape index (κ2) is 5.04. The molecule has 2 rings (SSSR count). The minimum absolute atomic E-state index is 0.172. The maximum Gasteiger partial charge on any atom is 0.423 e. The summed E-state index contributed by atoms with van der Waals surface area (Å²) < 4.78 is 43.4. The molecule has 0 bridgehead atoms. The van der Waals surface area contributed by atoms with E-state index >= 15 is 0 Å². The molecule has 0 radical (unpaired) electrons. The van der Waals surface area contributed by atoms with Crippen LogP contribution >= 0.6 is 0 Å². The molecular formula is C10H11F3N2O5. The molecule has 112 valence electrons. The maximum atomic E-state index is 12.6. The molecule has 0 spiro atoms. The summed E-state index contributed by atoms with van der Waals surface area (Å²) in [5.41, 5.74) is -4.17. The molecule has 1 aromatic heterocycles. The van der Waals surface area contributed by atoms with Crippen LogP contribution in [0.2, 0.25) is 0 Å². The smallest absolute Gasteiger partial charge is 0.394 e. The van der Waals surface area contributed by atoms with Gasteiger partial charge in [-0.05, 0) is 0 Å². The Morgan fingerprint density at radius 2 is 2.10 bits per heavy atom. The molecule has 0 amide bonds. The van der Waals surface area contributed by atoms with Crippen molar-refractivity contribution in [3.63, 3.8) is 0 Å². The maximum absolute atomic E-state index is 12.6. The average Bonchev–Trinajstić information content (AvgIpc) is 2.68. The number of nitrogens with zero attached hydrogens (tertiary/aromatic N) is 1. The highest BCUT2D eigenvalue weighted by Crippen LogP contribution is 2.30. The average molecular weight is 296 g/mol.